The number of esters is 1. The zero-order chi connectivity index (χ0) is 22.6. The minimum Gasteiger partial charge on any atom is -0.456 e. The molecule has 2 aromatic heterocycles. The summed E-state index contributed by atoms with van der Waals surface area (Å²) in [6.45, 7) is 0.755. The van der Waals surface area contributed by atoms with E-state index in [0.717, 1.165) is 17.3 Å². The van der Waals surface area contributed by atoms with Crippen LogP contribution in [-0.4, -0.2) is 25.5 Å². The van der Waals surface area contributed by atoms with Crippen molar-refractivity contribution in [2.75, 3.05) is 11.1 Å². The van der Waals surface area contributed by atoms with Crippen LogP contribution < -0.4 is 16.6 Å². The van der Waals surface area contributed by atoms with Gasteiger partial charge in [0.05, 0.1) is 5.56 Å². The van der Waals surface area contributed by atoms with Gasteiger partial charge in [-0.2, -0.15) is 28.1 Å². The molecule has 0 unspecified atom stereocenters. The SMILES string of the molecule is Cc1ccccc1Nc1nc(N)nc(COC(=O)Cn2cc(C(F)(F)F)ccc2=O)n1. The molecule has 3 aromatic rings. The molecule has 0 atom stereocenters. The zero-order valence-electron chi connectivity index (χ0n) is 16.2. The van der Waals surface area contributed by atoms with Gasteiger partial charge in [0.15, 0.2) is 12.4 Å². The molecule has 9 nitrogen and oxygen atoms in total. The Morgan fingerprint density at radius 2 is 1.90 bits per heavy atom. The van der Waals surface area contributed by atoms with E-state index in [4.69, 9.17) is 10.5 Å². The summed E-state index contributed by atoms with van der Waals surface area (Å²) >= 11 is 0. The number of hydrogen-bond acceptors (Lipinski definition) is 8. The van der Waals surface area contributed by atoms with E-state index in [2.05, 4.69) is 20.3 Å². The third-order valence-corrected chi connectivity index (χ3v) is 4.06. The Morgan fingerprint density at radius 1 is 1.16 bits per heavy atom. The fourth-order valence-corrected chi connectivity index (χ4v) is 2.54. The molecule has 1 aromatic carbocycles. The highest BCUT2D eigenvalue weighted by molar-refractivity contribution is 5.69. The van der Waals surface area contributed by atoms with Gasteiger partial charge in [-0.1, -0.05) is 18.2 Å². The lowest BCUT2D eigenvalue weighted by Gasteiger charge is -2.11. The minimum atomic E-state index is -4.65. The number of carbonyl (C=O) groups excluding carboxylic acids is 1. The molecule has 0 saturated heterocycles. The molecular weight excluding hydrogens is 417 g/mol. The molecule has 31 heavy (non-hydrogen) atoms. The number of para-hydroxylation sites is 1. The van der Waals surface area contributed by atoms with Crippen molar-refractivity contribution >= 4 is 23.6 Å². The van der Waals surface area contributed by atoms with Gasteiger partial charge < -0.3 is 20.4 Å². The molecule has 0 fully saturated rings. The predicted octanol–water partition coefficient (Wildman–Crippen LogP) is 2.43. The number of nitrogens with zero attached hydrogens (tertiary/aromatic N) is 4. The fraction of sp³-hybridized carbons (Fsp3) is 0.211. The van der Waals surface area contributed by atoms with Crippen LogP contribution in [0.5, 0.6) is 0 Å². The summed E-state index contributed by atoms with van der Waals surface area (Å²) in [4.78, 5) is 35.7. The maximum atomic E-state index is 12.8. The summed E-state index contributed by atoms with van der Waals surface area (Å²) < 4.78 is 44.0. The molecule has 0 bridgehead atoms. The third-order valence-electron chi connectivity index (χ3n) is 4.06. The predicted molar refractivity (Wildman–Crippen MR) is 104 cm³/mol. The van der Waals surface area contributed by atoms with Crippen molar-refractivity contribution < 1.29 is 22.7 Å². The lowest BCUT2D eigenvalue weighted by atomic mass is 10.2. The van der Waals surface area contributed by atoms with Crippen LogP contribution in [0.4, 0.5) is 30.8 Å². The monoisotopic (exact) mass is 434 g/mol. The van der Waals surface area contributed by atoms with E-state index >= 15 is 0 Å². The lowest BCUT2D eigenvalue weighted by molar-refractivity contribution is -0.146. The molecule has 0 aliphatic heterocycles. The quantitative estimate of drug-likeness (QED) is 0.567. The fourth-order valence-electron chi connectivity index (χ4n) is 2.54. The summed E-state index contributed by atoms with van der Waals surface area (Å²) in [5, 5.41) is 2.97. The second kappa shape index (κ2) is 8.81. The zero-order valence-corrected chi connectivity index (χ0v) is 16.2. The number of rotatable bonds is 6. The summed E-state index contributed by atoms with van der Waals surface area (Å²) in [6, 6.07) is 8.74. The van der Waals surface area contributed by atoms with Crippen LogP contribution in [0, 0.1) is 6.92 Å². The van der Waals surface area contributed by atoms with Gasteiger partial charge in [0.25, 0.3) is 5.56 Å². The maximum Gasteiger partial charge on any atom is 0.417 e. The average Bonchev–Trinajstić information content (AvgIpc) is 2.69. The van der Waals surface area contributed by atoms with Gasteiger partial charge >= 0.3 is 12.1 Å². The van der Waals surface area contributed by atoms with Gasteiger partial charge in [0, 0.05) is 18.0 Å². The van der Waals surface area contributed by atoms with Crippen LogP contribution in [0.3, 0.4) is 0 Å². The molecule has 0 saturated carbocycles. The van der Waals surface area contributed by atoms with Crippen molar-refractivity contribution in [2.45, 2.75) is 26.3 Å². The van der Waals surface area contributed by atoms with Crippen LogP contribution in [0.1, 0.15) is 17.0 Å². The smallest absolute Gasteiger partial charge is 0.417 e. The number of nitrogens with one attached hydrogen (secondary N) is 1. The summed E-state index contributed by atoms with van der Waals surface area (Å²) in [6.07, 6.45) is -4.10. The van der Waals surface area contributed by atoms with Gasteiger partial charge in [-0.25, -0.2) is 0 Å². The minimum absolute atomic E-state index is 0.0216. The molecule has 162 valence electrons. The van der Waals surface area contributed by atoms with Gasteiger partial charge in [-0.15, -0.1) is 0 Å². The number of pyridine rings is 1. The van der Waals surface area contributed by atoms with Crippen molar-refractivity contribution in [3.05, 3.63) is 69.9 Å². The standard InChI is InChI=1S/C19H17F3N6O3/c1-11-4-2-3-5-13(11)24-18-26-14(25-17(23)27-18)10-31-16(30)9-28-8-12(19(20,21)22)6-7-15(28)29/h2-8H,9-10H2,1H3,(H3,23,24,25,26,27). The Labute approximate surface area is 173 Å². The van der Waals surface area contributed by atoms with Crippen LogP contribution in [-0.2, 0) is 28.9 Å². The molecular formula is C19H17F3N6O3. The molecule has 0 amide bonds. The highest BCUT2D eigenvalue weighted by atomic mass is 19.4. The van der Waals surface area contributed by atoms with E-state index in [-0.39, 0.29) is 17.7 Å². The van der Waals surface area contributed by atoms with Crippen LogP contribution >= 0.6 is 0 Å². The number of ether oxygens (including phenoxy) is 1. The second-order valence-corrected chi connectivity index (χ2v) is 6.42. The number of alkyl halides is 3. The number of aryl methyl sites for hydroxylation is 1. The summed E-state index contributed by atoms with van der Waals surface area (Å²) in [5.41, 5.74) is 5.49. The normalized spacial score (nSPS) is 11.2. The number of carbonyl (C=O) groups is 1. The van der Waals surface area contributed by atoms with Gasteiger partial charge in [-0.05, 0) is 24.6 Å². The van der Waals surface area contributed by atoms with Gasteiger partial charge in [-0.3, -0.25) is 9.59 Å². The Balaban J connectivity index is 1.68. The Kier molecular flexibility index (Phi) is 6.18. The first-order valence-corrected chi connectivity index (χ1v) is 8.88. The van der Waals surface area contributed by atoms with Crippen molar-refractivity contribution in [2.24, 2.45) is 0 Å². The first-order chi connectivity index (χ1) is 14.6. The lowest BCUT2D eigenvalue weighted by Crippen LogP contribution is -2.26. The molecule has 0 aliphatic rings. The van der Waals surface area contributed by atoms with Crippen LogP contribution in [0.15, 0.2) is 47.4 Å². The van der Waals surface area contributed by atoms with Gasteiger partial charge in [0.1, 0.15) is 6.54 Å². The van der Waals surface area contributed by atoms with E-state index in [1.807, 2.05) is 31.2 Å². The molecule has 0 spiro atoms. The largest absolute Gasteiger partial charge is 0.456 e. The Hall–Kier alpha value is -3.96. The highest BCUT2D eigenvalue weighted by Crippen LogP contribution is 2.28. The molecule has 0 radical (unpaired) electrons. The molecule has 12 heteroatoms. The Morgan fingerprint density at radius 3 is 2.61 bits per heavy atom. The summed E-state index contributed by atoms with van der Waals surface area (Å²) in [7, 11) is 0. The van der Waals surface area contributed by atoms with Crippen molar-refractivity contribution in [1.82, 2.24) is 19.5 Å². The van der Waals surface area contributed by atoms with Crippen LogP contribution in [0.2, 0.25) is 0 Å². The topological polar surface area (TPSA) is 125 Å². The number of benzene rings is 1. The highest BCUT2D eigenvalue weighted by Gasteiger charge is 2.31. The Bertz CT molecular complexity index is 1160. The number of anilines is 3. The maximum absolute atomic E-state index is 12.8. The second-order valence-electron chi connectivity index (χ2n) is 6.42. The van der Waals surface area contributed by atoms with Gasteiger partial charge in [0.2, 0.25) is 11.9 Å². The average molecular weight is 434 g/mol. The molecule has 3 N–H and O–H groups in total. The van der Waals surface area contributed by atoms with Crippen molar-refractivity contribution in [3.63, 3.8) is 0 Å². The molecule has 2 heterocycles. The number of nitrogens with two attached hydrogens (primary N) is 1. The molecule has 3 rings (SSSR count). The van der Waals surface area contributed by atoms with E-state index in [0.29, 0.717) is 16.8 Å². The first kappa shape index (κ1) is 21.7. The third kappa shape index (κ3) is 5.78. The first-order valence-electron chi connectivity index (χ1n) is 8.88. The number of aromatic nitrogens is 4. The van der Waals surface area contributed by atoms with Crippen molar-refractivity contribution in [3.8, 4) is 0 Å². The number of hydrogen-bond donors (Lipinski definition) is 2. The molecule has 0 aliphatic carbocycles. The number of halogens is 3. The van der Waals surface area contributed by atoms with E-state index in [1.54, 1.807) is 0 Å². The number of nitrogen functional groups attached to an aromatic ring is 1. The summed E-state index contributed by atoms with van der Waals surface area (Å²) in [5.74, 6) is -0.921. The van der Waals surface area contributed by atoms with E-state index < -0.39 is 36.4 Å². The van der Waals surface area contributed by atoms with E-state index in [1.165, 1.54) is 0 Å². The van der Waals surface area contributed by atoms with Crippen molar-refractivity contribution in [1.29, 1.82) is 0 Å². The van der Waals surface area contributed by atoms with E-state index in [9.17, 15) is 22.8 Å². The van der Waals surface area contributed by atoms with Crippen LogP contribution in [0.25, 0.3) is 0 Å².